The lowest BCUT2D eigenvalue weighted by molar-refractivity contribution is 0.0722. The molecule has 33 heavy (non-hydrogen) atoms. The fourth-order valence-corrected chi connectivity index (χ4v) is 4.76. The van der Waals surface area contributed by atoms with Crippen LogP contribution < -0.4 is 15.5 Å². The predicted octanol–water partition coefficient (Wildman–Crippen LogP) is 4.39. The Bertz CT molecular complexity index is 1360. The highest BCUT2D eigenvalue weighted by Gasteiger charge is 2.31. The minimum absolute atomic E-state index is 0.00278. The van der Waals surface area contributed by atoms with Crippen molar-refractivity contribution in [1.29, 1.82) is 0 Å². The first-order valence-electron chi connectivity index (χ1n) is 11.5. The van der Waals surface area contributed by atoms with E-state index in [4.69, 9.17) is 4.74 Å². The molecule has 3 heterocycles. The number of carbonyl (C=O) groups excluding carboxylic acids is 1. The fraction of sp³-hybridized carbons (Fsp3) is 0.360. The molecule has 0 radical (unpaired) electrons. The summed E-state index contributed by atoms with van der Waals surface area (Å²) >= 11 is 0. The summed E-state index contributed by atoms with van der Waals surface area (Å²) in [5, 5.41) is 13.3. The number of hydrogen-bond donors (Lipinski definition) is 2. The van der Waals surface area contributed by atoms with Gasteiger partial charge in [-0.1, -0.05) is 0 Å². The smallest absolute Gasteiger partial charge is 0.259 e. The topological polar surface area (TPSA) is 83.8 Å². The van der Waals surface area contributed by atoms with Gasteiger partial charge < -0.3 is 24.6 Å². The van der Waals surface area contributed by atoms with Crippen LogP contribution in [-0.2, 0) is 0 Å². The SMILES string of the molecule is O=C(c1cn2c3c(c(NCC4CC4)c(F)cc3c1=O)Oc1cc(O)ccc1-2)N1CCCCC1. The molecule has 1 saturated carbocycles. The van der Waals surface area contributed by atoms with Crippen LogP contribution in [0.1, 0.15) is 42.5 Å². The molecule has 1 aliphatic carbocycles. The summed E-state index contributed by atoms with van der Waals surface area (Å²) in [5.41, 5.74) is 0.670. The maximum Gasteiger partial charge on any atom is 0.259 e. The van der Waals surface area contributed by atoms with Crippen LogP contribution in [0.5, 0.6) is 17.2 Å². The third-order valence-corrected chi connectivity index (χ3v) is 6.75. The summed E-state index contributed by atoms with van der Waals surface area (Å²) in [6, 6.07) is 5.82. The molecule has 1 amide bonds. The van der Waals surface area contributed by atoms with Gasteiger partial charge in [-0.3, -0.25) is 9.59 Å². The number of ether oxygens (including phenoxy) is 1. The third-order valence-electron chi connectivity index (χ3n) is 6.75. The second kappa shape index (κ2) is 7.50. The van der Waals surface area contributed by atoms with E-state index in [-0.39, 0.29) is 34.0 Å². The van der Waals surface area contributed by atoms with Gasteiger partial charge in [-0.25, -0.2) is 4.39 Å². The Morgan fingerprint density at radius 3 is 2.73 bits per heavy atom. The van der Waals surface area contributed by atoms with Gasteiger partial charge in [0.15, 0.2) is 17.3 Å². The van der Waals surface area contributed by atoms with E-state index in [0.29, 0.717) is 42.5 Å². The number of benzene rings is 2. The molecule has 1 saturated heterocycles. The number of anilines is 1. The van der Waals surface area contributed by atoms with Gasteiger partial charge in [0.1, 0.15) is 22.5 Å². The molecule has 2 fully saturated rings. The van der Waals surface area contributed by atoms with E-state index in [1.165, 1.54) is 24.4 Å². The van der Waals surface area contributed by atoms with Gasteiger partial charge in [0.05, 0.1) is 11.1 Å². The van der Waals surface area contributed by atoms with Crippen LogP contribution in [0.25, 0.3) is 16.6 Å². The lowest BCUT2D eigenvalue weighted by Crippen LogP contribution is -2.38. The van der Waals surface area contributed by atoms with E-state index >= 15 is 4.39 Å². The number of aromatic nitrogens is 1. The normalized spacial score (nSPS) is 16.9. The Labute approximate surface area is 189 Å². The van der Waals surface area contributed by atoms with Gasteiger partial charge in [0.25, 0.3) is 5.91 Å². The van der Waals surface area contributed by atoms with Gasteiger partial charge in [0, 0.05) is 31.9 Å². The number of piperidine rings is 1. The van der Waals surface area contributed by atoms with Crippen molar-refractivity contribution in [2.75, 3.05) is 25.0 Å². The molecular weight excluding hydrogens is 425 g/mol. The first-order valence-corrected chi connectivity index (χ1v) is 11.5. The van der Waals surface area contributed by atoms with E-state index in [9.17, 15) is 14.7 Å². The Balaban J connectivity index is 1.59. The van der Waals surface area contributed by atoms with Gasteiger partial charge >= 0.3 is 0 Å². The highest BCUT2D eigenvalue weighted by Crippen LogP contribution is 2.46. The van der Waals surface area contributed by atoms with Gasteiger partial charge in [-0.05, 0) is 56.2 Å². The van der Waals surface area contributed by atoms with Crippen LogP contribution >= 0.6 is 0 Å². The lowest BCUT2D eigenvalue weighted by Gasteiger charge is -2.29. The minimum Gasteiger partial charge on any atom is -0.508 e. The summed E-state index contributed by atoms with van der Waals surface area (Å²) in [6.07, 6.45) is 6.59. The van der Waals surface area contributed by atoms with E-state index in [1.807, 2.05) is 0 Å². The standard InChI is InChI=1S/C25H24FN3O4/c26-18-11-16-22-24(21(18)27-12-14-4-5-14)33-20-10-15(30)6-7-19(20)29(22)13-17(23(16)31)25(32)28-8-2-1-3-9-28/h6-7,10-11,13-14,27,30H,1-5,8-9,12H2. The Kier molecular flexibility index (Phi) is 4.57. The third kappa shape index (κ3) is 3.32. The first kappa shape index (κ1) is 20.1. The number of nitrogens with one attached hydrogen (secondary N) is 1. The van der Waals surface area contributed by atoms with Crippen LogP contribution in [0.15, 0.2) is 35.3 Å². The van der Waals surface area contributed by atoms with Gasteiger partial charge in [-0.2, -0.15) is 0 Å². The number of phenols is 1. The van der Waals surface area contributed by atoms with Crippen molar-refractivity contribution in [3.05, 3.63) is 52.1 Å². The molecule has 3 aromatic rings. The zero-order chi connectivity index (χ0) is 22.7. The van der Waals surface area contributed by atoms with E-state index in [1.54, 1.807) is 15.5 Å². The average Bonchev–Trinajstić information content (AvgIpc) is 3.64. The van der Waals surface area contributed by atoms with E-state index in [2.05, 4.69) is 5.32 Å². The van der Waals surface area contributed by atoms with Crippen LogP contribution in [-0.4, -0.2) is 40.1 Å². The predicted molar refractivity (Wildman–Crippen MR) is 122 cm³/mol. The molecule has 0 unspecified atom stereocenters. The maximum absolute atomic E-state index is 15.3. The van der Waals surface area contributed by atoms with Gasteiger partial charge in [0.2, 0.25) is 5.43 Å². The Morgan fingerprint density at radius 2 is 1.97 bits per heavy atom. The maximum atomic E-state index is 15.3. The molecule has 3 aliphatic rings. The summed E-state index contributed by atoms with van der Waals surface area (Å²) in [6.45, 7) is 1.82. The molecule has 2 aromatic carbocycles. The molecular formula is C25H24FN3O4. The summed E-state index contributed by atoms with van der Waals surface area (Å²) < 4.78 is 23.0. The Morgan fingerprint density at radius 1 is 1.18 bits per heavy atom. The zero-order valence-electron chi connectivity index (χ0n) is 18.1. The molecule has 2 N–H and O–H groups in total. The van der Waals surface area contributed by atoms with Crippen molar-refractivity contribution in [1.82, 2.24) is 9.47 Å². The molecule has 0 bridgehead atoms. The highest BCUT2D eigenvalue weighted by molar-refractivity contribution is 6.01. The van der Waals surface area contributed by atoms with Gasteiger partial charge in [-0.15, -0.1) is 0 Å². The number of likely N-dealkylation sites (tertiary alicyclic amines) is 1. The molecule has 8 heteroatoms. The first-order chi connectivity index (χ1) is 16.0. The summed E-state index contributed by atoms with van der Waals surface area (Å²) in [4.78, 5) is 28.4. The molecule has 2 aliphatic heterocycles. The van der Waals surface area contributed by atoms with Crippen LogP contribution in [0.4, 0.5) is 10.1 Å². The number of rotatable bonds is 4. The Hall–Kier alpha value is -3.55. The molecule has 1 aromatic heterocycles. The number of hydrogen-bond acceptors (Lipinski definition) is 5. The fourth-order valence-electron chi connectivity index (χ4n) is 4.76. The monoisotopic (exact) mass is 449 g/mol. The van der Waals surface area contributed by atoms with Crippen molar-refractivity contribution in [3.63, 3.8) is 0 Å². The van der Waals surface area contributed by atoms with Crippen LogP contribution in [0, 0.1) is 11.7 Å². The second-order valence-electron chi connectivity index (χ2n) is 9.13. The molecule has 6 rings (SSSR count). The lowest BCUT2D eigenvalue weighted by atomic mass is 10.0. The molecule has 7 nitrogen and oxygen atoms in total. The average molecular weight is 449 g/mol. The number of phenolic OH excluding ortho intramolecular Hbond substituents is 1. The molecule has 170 valence electrons. The highest BCUT2D eigenvalue weighted by atomic mass is 19.1. The largest absolute Gasteiger partial charge is 0.508 e. The number of aromatic hydroxyl groups is 1. The van der Waals surface area contributed by atoms with E-state index in [0.717, 1.165) is 32.1 Å². The quantitative estimate of drug-likeness (QED) is 0.483. The number of halogens is 1. The van der Waals surface area contributed by atoms with Crippen molar-refractivity contribution in [3.8, 4) is 22.9 Å². The van der Waals surface area contributed by atoms with Crippen molar-refractivity contribution in [2.45, 2.75) is 32.1 Å². The number of pyridine rings is 1. The zero-order valence-corrected chi connectivity index (χ0v) is 18.1. The summed E-state index contributed by atoms with van der Waals surface area (Å²) in [5.74, 6) is 0.0756. The van der Waals surface area contributed by atoms with Crippen molar-refractivity contribution >= 4 is 22.5 Å². The van der Waals surface area contributed by atoms with Crippen molar-refractivity contribution < 1.29 is 19.0 Å². The summed E-state index contributed by atoms with van der Waals surface area (Å²) in [7, 11) is 0. The van der Waals surface area contributed by atoms with Crippen LogP contribution in [0.2, 0.25) is 0 Å². The van der Waals surface area contributed by atoms with Crippen molar-refractivity contribution in [2.24, 2.45) is 5.92 Å². The number of carbonyl (C=O) groups is 1. The minimum atomic E-state index is -0.604. The molecule has 0 atom stereocenters. The number of nitrogens with zero attached hydrogens (tertiary/aromatic N) is 2. The number of fused-ring (bicyclic) bond motifs is 2. The van der Waals surface area contributed by atoms with Crippen LogP contribution in [0.3, 0.4) is 0 Å². The second-order valence-corrected chi connectivity index (χ2v) is 9.13. The van der Waals surface area contributed by atoms with E-state index < -0.39 is 11.2 Å². The molecule has 0 spiro atoms. The number of amides is 1.